The van der Waals surface area contributed by atoms with Crippen LogP contribution in [0.2, 0.25) is 0 Å². The highest BCUT2D eigenvalue weighted by molar-refractivity contribution is 7.11. The summed E-state index contributed by atoms with van der Waals surface area (Å²) in [6, 6.07) is 11.5. The van der Waals surface area contributed by atoms with Crippen molar-refractivity contribution < 1.29 is 4.79 Å². The lowest BCUT2D eigenvalue weighted by Crippen LogP contribution is -2.24. The maximum absolute atomic E-state index is 11.8. The van der Waals surface area contributed by atoms with Gasteiger partial charge in [0.2, 0.25) is 5.91 Å². The molecule has 1 heterocycles. The van der Waals surface area contributed by atoms with Crippen LogP contribution in [0.1, 0.15) is 15.3 Å². The molecule has 3 nitrogen and oxygen atoms in total. The van der Waals surface area contributed by atoms with Crippen LogP contribution in [0.5, 0.6) is 0 Å². The van der Waals surface area contributed by atoms with Gasteiger partial charge in [-0.15, -0.1) is 11.3 Å². The van der Waals surface area contributed by atoms with Crippen LogP contribution in [0.15, 0.2) is 36.4 Å². The number of nitrogen functional groups attached to an aromatic ring is 1. The summed E-state index contributed by atoms with van der Waals surface area (Å²) >= 11 is 1.70. The van der Waals surface area contributed by atoms with Gasteiger partial charge in [-0.25, -0.2) is 0 Å². The molecule has 1 amide bonds. The molecule has 0 atom stereocenters. The molecule has 0 aliphatic carbocycles. The molecule has 1 aromatic heterocycles. The fourth-order valence-electron chi connectivity index (χ4n) is 1.70. The van der Waals surface area contributed by atoms with Gasteiger partial charge in [0.05, 0.1) is 13.0 Å². The number of rotatable bonds is 4. The first-order chi connectivity index (χ1) is 8.65. The Bertz CT molecular complexity index is 548. The van der Waals surface area contributed by atoms with Crippen molar-refractivity contribution in [2.45, 2.75) is 19.9 Å². The van der Waals surface area contributed by atoms with Crippen LogP contribution in [0.4, 0.5) is 5.69 Å². The average Bonchev–Trinajstić information content (AvgIpc) is 2.76. The van der Waals surface area contributed by atoms with Gasteiger partial charge >= 0.3 is 0 Å². The Kier molecular flexibility index (Phi) is 3.99. The van der Waals surface area contributed by atoms with Crippen LogP contribution in [0, 0.1) is 6.92 Å². The minimum atomic E-state index is -0.000969. The highest BCUT2D eigenvalue weighted by atomic mass is 32.1. The molecule has 2 aromatic rings. The zero-order valence-corrected chi connectivity index (χ0v) is 11.1. The second-order valence-electron chi connectivity index (χ2n) is 4.16. The molecule has 0 spiro atoms. The quantitative estimate of drug-likeness (QED) is 0.830. The Morgan fingerprint density at radius 1 is 1.28 bits per heavy atom. The molecule has 18 heavy (non-hydrogen) atoms. The first-order valence-electron chi connectivity index (χ1n) is 5.80. The van der Waals surface area contributed by atoms with Crippen molar-refractivity contribution in [3.63, 3.8) is 0 Å². The van der Waals surface area contributed by atoms with Crippen LogP contribution in [-0.2, 0) is 17.8 Å². The van der Waals surface area contributed by atoms with Gasteiger partial charge in [0, 0.05) is 15.4 Å². The van der Waals surface area contributed by atoms with E-state index in [1.807, 2.05) is 30.3 Å². The topological polar surface area (TPSA) is 55.1 Å². The molecule has 4 heteroatoms. The number of benzene rings is 1. The predicted molar refractivity (Wildman–Crippen MR) is 75.5 cm³/mol. The van der Waals surface area contributed by atoms with Crippen LogP contribution in [0.25, 0.3) is 0 Å². The Morgan fingerprint density at radius 2 is 2.06 bits per heavy atom. The van der Waals surface area contributed by atoms with Crippen molar-refractivity contribution >= 4 is 22.9 Å². The third-order valence-corrected chi connectivity index (χ3v) is 3.66. The zero-order chi connectivity index (χ0) is 13.0. The third kappa shape index (κ3) is 3.34. The van der Waals surface area contributed by atoms with Crippen LogP contribution in [-0.4, -0.2) is 5.91 Å². The van der Waals surface area contributed by atoms with Crippen molar-refractivity contribution in [3.8, 4) is 0 Å². The van der Waals surface area contributed by atoms with Gasteiger partial charge in [0.1, 0.15) is 0 Å². The smallest absolute Gasteiger partial charge is 0.224 e. The Labute approximate surface area is 111 Å². The fraction of sp³-hybridized carbons (Fsp3) is 0.214. The Hall–Kier alpha value is -1.81. The van der Waals surface area contributed by atoms with E-state index in [-0.39, 0.29) is 5.91 Å². The number of anilines is 1. The lowest BCUT2D eigenvalue weighted by atomic mass is 10.1. The van der Waals surface area contributed by atoms with E-state index in [0.717, 1.165) is 5.56 Å². The Balaban J connectivity index is 1.88. The number of aryl methyl sites for hydroxylation is 1. The van der Waals surface area contributed by atoms with Gasteiger partial charge in [-0.05, 0) is 30.7 Å². The predicted octanol–water partition coefficient (Wildman–Crippen LogP) is 2.50. The summed E-state index contributed by atoms with van der Waals surface area (Å²) in [6.45, 7) is 2.64. The maximum Gasteiger partial charge on any atom is 0.224 e. The molecule has 0 bridgehead atoms. The molecule has 3 N–H and O–H groups in total. The average molecular weight is 260 g/mol. The number of nitrogens with one attached hydrogen (secondary N) is 1. The Morgan fingerprint density at radius 3 is 2.72 bits per heavy atom. The van der Waals surface area contributed by atoms with E-state index in [0.29, 0.717) is 18.7 Å². The highest BCUT2D eigenvalue weighted by Gasteiger charge is 2.06. The van der Waals surface area contributed by atoms with E-state index >= 15 is 0 Å². The van der Waals surface area contributed by atoms with E-state index < -0.39 is 0 Å². The summed E-state index contributed by atoms with van der Waals surface area (Å²) in [7, 11) is 0. The summed E-state index contributed by atoms with van der Waals surface area (Å²) in [5.74, 6) is -0.000969. The van der Waals surface area contributed by atoms with Crippen molar-refractivity contribution in [2.75, 3.05) is 5.73 Å². The monoisotopic (exact) mass is 260 g/mol. The lowest BCUT2D eigenvalue weighted by Gasteiger charge is -2.06. The van der Waals surface area contributed by atoms with E-state index in [1.54, 1.807) is 11.3 Å². The molecular weight excluding hydrogens is 244 g/mol. The summed E-state index contributed by atoms with van der Waals surface area (Å²) < 4.78 is 0. The number of hydrogen-bond acceptors (Lipinski definition) is 3. The van der Waals surface area contributed by atoms with E-state index in [1.165, 1.54) is 9.75 Å². The molecule has 0 radical (unpaired) electrons. The fourth-order valence-corrected chi connectivity index (χ4v) is 2.53. The van der Waals surface area contributed by atoms with Crippen molar-refractivity contribution in [1.29, 1.82) is 0 Å². The maximum atomic E-state index is 11.8. The second-order valence-corrected chi connectivity index (χ2v) is 5.54. The lowest BCUT2D eigenvalue weighted by molar-refractivity contribution is -0.120. The molecule has 0 saturated carbocycles. The van der Waals surface area contributed by atoms with Crippen LogP contribution >= 0.6 is 11.3 Å². The summed E-state index contributed by atoms with van der Waals surface area (Å²) in [5, 5.41) is 2.90. The normalized spacial score (nSPS) is 10.3. The van der Waals surface area contributed by atoms with Gasteiger partial charge in [-0.2, -0.15) is 0 Å². The van der Waals surface area contributed by atoms with Gasteiger partial charge < -0.3 is 11.1 Å². The largest absolute Gasteiger partial charge is 0.398 e. The third-order valence-electron chi connectivity index (χ3n) is 2.66. The minimum absolute atomic E-state index is 0.000969. The number of carbonyl (C=O) groups is 1. The second kappa shape index (κ2) is 5.69. The number of para-hydroxylation sites is 1. The van der Waals surface area contributed by atoms with E-state index in [2.05, 4.69) is 18.3 Å². The first kappa shape index (κ1) is 12.6. The zero-order valence-electron chi connectivity index (χ0n) is 10.3. The van der Waals surface area contributed by atoms with E-state index in [9.17, 15) is 4.79 Å². The number of amides is 1. The summed E-state index contributed by atoms with van der Waals surface area (Å²) in [4.78, 5) is 14.2. The molecule has 0 unspecified atom stereocenters. The van der Waals surface area contributed by atoms with Gasteiger partial charge in [0.25, 0.3) is 0 Å². The molecule has 2 rings (SSSR count). The molecule has 0 saturated heterocycles. The van der Waals surface area contributed by atoms with Crippen molar-refractivity contribution in [1.82, 2.24) is 5.32 Å². The van der Waals surface area contributed by atoms with Crippen LogP contribution in [0.3, 0.4) is 0 Å². The number of nitrogens with two attached hydrogens (primary N) is 1. The first-order valence-corrected chi connectivity index (χ1v) is 6.62. The van der Waals surface area contributed by atoms with Gasteiger partial charge in [0.15, 0.2) is 0 Å². The minimum Gasteiger partial charge on any atom is -0.398 e. The number of carbonyl (C=O) groups excluding carboxylic acids is 1. The number of thiophene rings is 1. The summed E-state index contributed by atoms with van der Waals surface area (Å²) in [5.41, 5.74) is 7.34. The molecular formula is C14H16N2OS. The number of hydrogen-bond donors (Lipinski definition) is 2. The van der Waals surface area contributed by atoms with Crippen LogP contribution < -0.4 is 11.1 Å². The van der Waals surface area contributed by atoms with E-state index in [4.69, 9.17) is 5.73 Å². The molecule has 1 aromatic carbocycles. The molecule has 94 valence electrons. The van der Waals surface area contributed by atoms with Gasteiger partial charge in [-0.1, -0.05) is 18.2 Å². The highest BCUT2D eigenvalue weighted by Crippen LogP contribution is 2.15. The SMILES string of the molecule is Cc1ccc(CNC(=O)Cc2ccccc2N)s1. The van der Waals surface area contributed by atoms with Crippen molar-refractivity contribution in [2.24, 2.45) is 0 Å². The van der Waals surface area contributed by atoms with Crippen molar-refractivity contribution in [3.05, 3.63) is 51.7 Å². The van der Waals surface area contributed by atoms with Gasteiger partial charge in [-0.3, -0.25) is 4.79 Å². The molecule has 0 aliphatic rings. The summed E-state index contributed by atoms with van der Waals surface area (Å²) in [6.07, 6.45) is 0.330. The standard InChI is InChI=1S/C14H16N2OS/c1-10-6-7-12(18-10)9-16-14(17)8-11-4-2-3-5-13(11)15/h2-7H,8-9,15H2,1H3,(H,16,17). The molecule has 0 fully saturated rings. The molecule has 0 aliphatic heterocycles.